The third-order valence-corrected chi connectivity index (χ3v) is 6.96. The normalized spacial score (nSPS) is 12.6. The van der Waals surface area contributed by atoms with Gasteiger partial charge in [0, 0.05) is 12.1 Å². The summed E-state index contributed by atoms with van der Waals surface area (Å²) in [6, 6.07) is 12.5. The average molecular weight is 560 g/mol. The van der Waals surface area contributed by atoms with Crippen molar-refractivity contribution < 1.29 is 35.4 Å². The number of hydrogen-bond acceptors (Lipinski definition) is 10. The summed E-state index contributed by atoms with van der Waals surface area (Å²) in [6.07, 6.45) is 0. The summed E-state index contributed by atoms with van der Waals surface area (Å²) < 4.78 is 80.8. The highest BCUT2D eigenvalue weighted by Crippen LogP contribution is 2.41. The van der Waals surface area contributed by atoms with Crippen LogP contribution < -0.4 is 5.73 Å². The van der Waals surface area contributed by atoms with Gasteiger partial charge in [0.15, 0.2) is 5.82 Å². The number of phenolic OH excluding ortho intramolecular Hbond substituents is 1. The first-order chi connectivity index (χ1) is 17.7. The maximum Gasteiger partial charge on any atom is 0.296 e. The summed E-state index contributed by atoms with van der Waals surface area (Å²) in [6.45, 7) is 1.86. The van der Waals surface area contributed by atoms with Gasteiger partial charge >= 0.3 is 0 Å². The second-order valence-corrected chi connectivity index (χ2v) is 10.8. The second kappa shape index (κ2) is 9.86. The fourth-order valence-electron chi connectivity index (χ4n) is 3.39. The lowest BCUT2D eigenvalue weighted by Crippen LogP contribution is -1.99. The van der Waals surface area contributed by atoms with E-state index in [1.54, 1.807) is 24.3 Å². The number of azo groups is 2. The fourth-order valence-corrected chi connectivity index (χ4v) is 4.55. The lowest BCUT2D eigenvalue weighted by Gasteiger charge is -2.09. The number of aromatic hydroxyl groups is 1. The molecule has 0 heterocycles. The Morgan fingerprint density at radius 2 is 1.45 bits per heavy atom. The van der Waals surface area contributed by atoms with E-state index in [9.17, 15) is 35.4 Å². The highest BCUT2D eigenvalue weighted by atomic mass is 32.2. The van der Waals surface area contributed by atoms with Crippen LogP contribution in [0.3, 0.4) is 0 Å². The number of phenols is 1. The number of fused-ring (bicyclic) bond motifs is 1. The van der Waals surface area contributed by atoms with Gasteiger partial charge in [-0.25, -0.2) is 4.39 Å². The number of halogens is 1. The maximum absolute atomic E-state index is 14.8. The van der Waals surface area contributed by atoms with Crippen LogP contribution in [-0.2, 0) is 20.2 Å². The molecule has 0 saturated carbocycles. The van der Waals surface area contributed by atoms with Gasteiger partial charge in [0.05, 0.1) is 21.7 Å². The molecule has 0 aromatic heterocycles. The van der Waals surface area contributed by atoms with Crippen molar-refractivity contribution in [3.05, 3.63) is 72.0 Å². The van der Waals surface area contributed by atoms with E-state index in [1.807, 2.05) is 6.92 Å². The lowest BCUT2D eigenvalue weighted by molar-refractivity contribution is 0.471. The van der Waals surface area contributed by atoms with Gasteiger partial charge in [-0.2, -0.15) is 21.9 Å². The van der Waals surface area contributed by atoms with Gasteiger partial charge < -0.3 is 10.8 Å². The molecule has 0 aliphatic carbocycles. The van der Waals surface area contributed by atoms with Crippen molar-refractivity contribution in [1.29, 1.82) is 0 Å². The first-order valence-electron chi connectivity index (χ1n) is 10.5. The van der Waals surface area contributed by atoms with E-state index in [-0.39, 0.29) is 22.1 Å². The summed E-state index contributed by atoms with van der Waals surface area (Å²) in [5, 5.41) is 25.5. The van der Waals surface area contributed by atoms with Crippen LogP contribution in [0.25, 0.3) is 10.8 Å². The van der Waals surface area contributed by atoms with Gasteiger partial charge in [-0.05, 0) is 42.6 Å². The Bertz CT molecular complexity index is 1860. The SMILES string of the molecule is Cc1ccc(N=Nc2cc(S(=O)(=O)O)c(N=Nc3c(N)ccc4cc(S(=O)(=O)O)cc(O)c34)cc2F)cc1. The minimum atomic E-state index is -4.95. The molecule has 0 unspecified atom stereocenters. The summed E-state index contributed by atoms with van der Waals surface area (Å²) >= 11 is 0. The third-order valence-electron chi connectivity index (χ3n) is 5.24. The van der Waals surface area contributed by atoms with Gasteiger partial charge in [-0.15, -0.1) is 15.3 Å². The van der Waals surface area contributed by atoms with E-state index in [2.05, 4.69) is 20.5 Å². The molecule has 5 N–H and O–H groups in total. The predicted octanol–water partition coefficient (Wildman–Crippen LogP) is 5.90. The molecule has 0 atom stereocenters. The van der Waals surface area contributed by atoms with Crippen molar-refractivity contribution in [3.8, 4) is 5.75 Å². The van der Waals surface area contributed by atoms with Crippen LogP contribution in [0, 0.1) is 12.7 Å². The van der Waals surface area contributed by atoms with Crippen molar-refractivity contribution >= 4 is 59.4 Å². The Morgan fingerprint density at radius 3 is 2.08 bits per heavy atom. The van der Waals surface area contributed by atoms with Crippen LogP contribution in [0.2, 0.25) is 0 Å². The monoisotopic (exact) mass is 559 g/mol. The van der Waals surface area contributed by atoms with Crippen molar-refractivity contribution in [1.82, 2.24) is 0 Å². The number of rotatable bonds is 6. The van der Waals surface area contributed by atoms with E-state index in [0.29, 0.717) is 11.8 Å². The van der Waals surface area contributed by atoms with Crippen molar-refractivity contribution in [2.75, 3.05) is 5.73 Å². The minimum absolute atomic E-state index is 0.0615. The number of nitrogens with zero attached hydrogens (tertiary/aromatic N) is 4. The molecule has 0 radical (unpaired) electrons. The summed E-state index contributed by atoms with van der Waals surface area (Å²) in [4.78, 5) is -1.43. The topological polar surface area (TPSA) is 204 Å². The maximum atomic E-state index is 14.8. The molecule has 4 aromatic carbocycles. The van der Waals surface area contributed by atoms with Crippen LogP contribution in [0.15, 0.2) is 90.9 Å². The molecule has 0 bridgehead atoms. The Balaban J connectivity index is 1.82. The molecular weight excluding hydrogens is 541 g/mol. The largest absolute Gasteiger partial charge is 0.507 e. The van der Waals surface area contributed by atoms with Crippen molar-refractivity contribution in [3.63, 3.8) is 0 Å². The molecular formula is C23H18FN5O7S2. The predicted molar refractivity (Wildman–Crippen MR) is 136 cm³/mol. The number of nitrogens with two attached hydrogens (primary N) is 1. The van der Waals surface area contributed by atoms with Crippen LogP contribution >= 0.6 is 0 Å². The van der Waals surface area contributed by atoms with Crippen LogP contribution in [-0.4, -0.2) is 31.0 Å². The molecule has 0 amide bonds. The molecule has 15 heteroatoms. The second-order valence-electron chi connectivity index (χ2n) is 8.00. The molecule has 12 nitrogen and oxygen atoms in total. The van der Waals surface area contributed by atoms with Crippen molar-refractivity contribution in [2.45, 2.75) is 16.7 Å². The van der Waals surface area contributed by atoms with Gasteiger partial charge in [0.25, 0.3) is 20.2 Å². The van der Waals surface area contributed by atoms with E-state index >= 15 is 0 Å². The van der Waals surface area contributed by atoms with Crippen LogP contribution in [0.4, 0.5) is 32.8 Å². The molecule has 4 aromatic rings. The molecule has 0 spiro atoms. The quantitative estimate of drug-likeness (QED) is 0.127. The van der Waals surface area contributed by atoms with Gasteiger partial charge in [0.2, 0.25) is 0 Å². The zero-order valence-corrected chi connectivity index (χ0v) is 20.9. The summed E-state index contributed by atoms with van der Waals surface area (Å²) in [5.41, 5.74) is 5.85. The number of hydrogen-bond donors (Lipinski definition) is 4. The first kappa shape index (κ1) is 26.7. The Hall–Kier alpha value is -4.31. The number of anilines is 1. The van der Waals surface area contributed by atoms with E-state index in [1.165, 1.54) is 12.1 Å². The van der Waals surface area contributed by atoms with E-state index < -0.39 is 53.0 Å². The molecule has 0 aliphatic rings. The summed E-state index contributed by atoms with van der Waals surface area (Å²) in [7, 11) is -9.59. The summed E-state index contributed by atoms with van der Waals surface area (Å²) in [5.74, 6) is -1.67. The molecule has 0 fully saturated rings. The Morgan fingerprint density at radius 1 is 0.789 bits per heavy atom. The standard InChI is InChI=1S/C23H18FN5O7S2/c1-12-2-5-14(6-3-12)26-27-18-11-21(38(34,35)36)19(10-16(18)24)28-29-23-17(25)7-4-13-8-15(37(31,32)33)9-20(30)22(13)23/h2-11,30H,25H2,1H3,(H,31,32,33)(H,34,35,36). The Kier molecular flexibility index (Phi) is 6.94. The van der Waals surface area contributed by atoms with E-state index in [0.717, 1.165) is 23.8 Å². The van der Waals surface area contributed by atoms with Crippen molar-refractivity contribution in [2.24, 2.45) is 20.5 Å². The van der Waals surface area contributed by atoms with Crippen LogP contribution in [0.5, 0.6) is 5.75 Å². The highest BCUT2D eigenvalue weighted by Gasteiger charge is 2.21. The minimum Gasteiger partial charge on any atom is -0.507 e. The Labute approximate surface area is 215 Å². The molecule has 196 valence electrons. The van der Waals surface area contributed by atoms with Crippen LogP contribution in [0.1, 0.15) is 5.56 Å². The average Bonchev–Trinajstić information content (AvgIpc) is 2.82. The van der Waals surface area contributed by atoms with Gasteiger partial charge in [0.1, 0.15) is 27.7 Å². The number of aryl methyl sites for hydroxylation is 1. The number of benzene rings is 4. The van der Waals surface area contributed by atoms with Gasteiger partial charge in [-0.1, -0.05) is 23.8 Å². The zero-order valence-electron chi connectivity index (χ0n) is 19.3. The van der Waals surface area contributed by atoms with Gasteiger partial charge in [-0.3, -0.25) is 9.11 Å². The fraction of sp³-hybridized carbons (Fsp3) is 0.0435. The molecule has 4 rings (SSSR count). The number of nitrogen functional groups attached to an aromatic ring is 1. The molecule has 0 saturated heterocycles. The zero-order chi connectivity index (χ0) is 27.8. The third kappa shape index (κ3) is 5.65. The molecule has 38 heavy (non-hydrogen) atoms. The highest BCUT2D eigenvalue weighted by molar-refractivity contribution is 7.86. The first-order valence-corrected chi connectivity index (χ1v) is 13.4. The molecule has 0 aliphatic heterocycles. The smallest absolute Gasteiger partial charge is 0.296 e. The lowest BCUT2D eigenvalue weighted by atomic mass is 10.1. The van der Waals surface area contributed by atoms with E-state index in [4.69, 9.17) is 5.73 Å².